The van der Waals surface area contributed by atoms with Crippen molar-refractivity contribution in [2.75, 3.05) is 13.2 Å². The van der Waals surface area contributed by atoms with Gasteiger partial charge in [-0.2, -0.15) is 0 Å². The Labute approximate surface area is 164 Å². The average Bonchev–Trinajstić information content (AvgIpc) is 2.70. The summed E-state index contributed by atoms with van der Waals surface area (Å²) in [6.45, 7) is 7.36. The number of aliphatic hydroxyl groups is 1. The van der Waals surface area contributed by atoms with Crippen molar-refractivity contribution in [3.8, 4) is 0 Å². The van der Waals surface area contributed by atoms with E-state index in [-0.39, 0.29) is 11.6 Å². The Morgan fingerprint density at radius 3 is 1.78 bits per heavy atom. The second-order valence-corrected chi connectivity index (χ2v) is 12.7. The van der Waals surface area contributed by atoms with E-state index in [1.54, 1.807) is 0 Å². The Hall–Kier alpha value is -1.94. The van der Waals surface area contributed by atoms with Gasteiger partial charge in [-0.15, -0.1) is 0 Å². The maximum Gasteiger partial charge on any atom is 0.261 e. The second kappa shape index (κ2) is 7.97. The van der Waals surface area contributed by atoms with Gasteiger partial charge in [0.25, 0.3) is 8.32 Å². The molecular weight excluding hydrogens is 348 g/mol. The minimum Gasteiger partial charge on any atom is -0.406 e. The van der Waals surface area contributed by atoms with E-state index in [1.807, 2.05) is 0 Å². The van der Waals surface area contributed by atoms with Gasteiger partial charge in [0, 0.05) is 6.61 Å². The van der Waals surface area contributed by atoms with E-state index in [4.69, 9.17) is 4.43 Å². The van der Waals surface area contributed by atoms with Gasteiger partial charge in [-0.3, -0.25) is 0 Å². The van der Waals surface area contributed by atoms with Crippen molar-refractivity contribution in [2.24, 2.45) is 5.41 Å². The van der Waals surface area contributed by atoms with Crippen LogP contribution < -0.4 is 10.4 Å². The molecule has 0 spiro atoms. The normalized spacial score (nSPS) is 16.4. The number of allylic oxidation sites excluding steroid dienone is 2. The summed E-state index contributed by atoms with van der Waals surface area (Å²) >= 11 is 0. The summed E-state index contributed by atoms with van der Waals surface area (Å²) in [7, 11) is -2.58. The van der Waals surface area contributed by atoms with Gasteiger partial charge < -0.3 is 9.53 Å². The quantitative estimate of drug-likeness (QED) is 0.607. The Balaban J connectivity index is 2.11. The van der Waals surface area contributed by atoms with Gasteiger partial charge in [0.1, 0.15) is 0 Å². The van der Waals surface area contributed by atoms with Crippen molar-refractivity contribution in [3.63, 3.8) is 0 Å². The molecule has 3 heteroatoms. The van der Waals surface area contributed by atoms with Crippen LogP contribution in [0.4, 0.5) is 0 Å². The molecule has 0 saturated carbocycles. The molecule has 0 amide bonds. The number of hydrogen-bond acceptors (Lipinski definition) is 2. The number of benzene rings is 2. The average molecular weight is 379 g/mol. The summed E-state index contributed by atoms with van der Waals surface area (Å²) in [5.41, 5.74) is -0.439. The highest BCUT2D eigenvalue weighted by atomic mass is 28.4. The molecule has 2 aromatic rings. The van der Waals surface area contributed by atoms with Crippen LogP contribution >= 0.6 is 0 Å². The van der Waals surface area contributed by atoms with Crippen molar-refractivity contribution in [2.45, 2.75) is 32.2 Å². The third-order valence-electron chi connectivity index (χ3n) is 5.44. The van der Waals surface area contributed by atoms with Gasteiger partial charge >= 0.3 is 0 Å². The smallest absolute Gasteiger partial charge is 0.261 e. The fourth-order valence-electron chi connectivity index (χ4n) is 3.99. The maximum atomic E-state index is 10.1. The van der Waals surface area contributed by atoms with Crippen LogP contribution in [0.3, 0.4) is 0 Å². The standard InChI is InChI=1S/C24H30O2Si/c1-23(2,3)27(21-13-7-4-8-14-21,22-15-9-5-10-16-22)26-20-24(19-25)17-11-6-12-18-24/h4-5,7-18,25H,6,19-20H2,1-3H3. The highest BCUT2D eigenvalue weighted by Gasteiger charge is 2.51. The van der Waals surface area contributed by atoms with Gasteiger partial charge in [0.05, 0.1) is 12.0 Å². The molecule has 0 heterocycles. The van der Waals surface area contributed by atoms with E-state index in [2.05, 4.69) is 106 Å². The van der Waals surface area contributed by atoms with E-state index in [9.17, 15) is 5.11 Å². The molecule has 0 fully saturated rings. The first-order valence-electron chi connectivity index (χ1n) is 9.65. The van der Waals surface area contributed by atoms with Crippen LogP contribution in [-0.4, -0.2) is 26.6 Å². The summed E-state index contributed by atoms with van der Waals surface area (Å²) in [6.07, 6.45) is 9.35. The van der Waals surface area contributed by atoms with Crippen molar-refractivity contribution in [1.82, 2.24) is 0 Å². The molecule has 3 rings (SSSR count). The summed E-state index contributed by atoms with van der Waals surface area (Å²) in [6, 6.07) is 21.3. The number of rotatable bonds is 6. The van der Waals surface area contributed by atoms with Crippen molar-refractivity contribution < 1.29 is 9.53 Å². The monoisotopic (exact) mass is 378 g/mol. The highest BCUT2D eigenvalue weighted by Crippen LogP contribution is 2.38. The van der Waals surface area contributed by atoms with E-state index in [0.717, 1.165) is 6.42 Å². The molecule has 1 aliphatic carbocycles. The number of hydrogen-bond donors (Lipinski definition) is 1. The first-order chi connectivity index (χ1) is 12.9. The molecule has 0 radical (unpaired) electrons. The molecule has 142 valence electrons. The number of aliphatic hydroxyl groups excluding tert-OH is 1. The van der Waals surface area contributed by atoms with Gasteiger partial charge in [-0.25, -0.2) is 0 Å². The topological polar surface area (TPSA) is 29.5 Å². The Kier molecular flexibility index (Phi) is 5.85. The molecular formula is C24H30O2Si. The Morgan fingerprint density at radius 2 is 1.37 bits per heavy atom. The summed E-state index contributed by atoms with van der Waals surface area (Å²) < 4.78 is 6.98. The van der Waals surface area contributed by atoms with Crippen molar-refractivity contribution >= 4 is 18.7 Å². The molecule has 0 atom stereocenters. The Morgan fingerprint density at radius 1 is 0.889 bits per heavy atom. The van der Waals surface area contributed by atoms with E-state index in [1.165, 1.54) is 10.4 Å². The lowest BCUT2D eigenvalue weighted by Crippen LogP contribution is -2.67. The zero-order valence-corrected chi connectivity index (χ0v) is 17.6. The van der Waals surface area contributed by atoms with Crippen molar-refractivity contribution in [3.05, 3.63) is 85.0 Å². The van der Waals surface area contributed by atoms with E-state index >= 15 is 0 Å². The zero-order chi connectivity index (χ0) is 19.4. The predicted octanol–water partition coefficient (Wildman–Crippen LogP) is 4.06. The van der Waals surface area contributed by atoms with Crippen LogP contribution in [0.1, 0.15) is 27.2 Å². The van der Waals surface area contributed by atoms with E-state index < -0.39 is 13.7 Å². The predicted molar refractivity (Wildman–Crippen MR) is 116 cm³/mol. The fraction of sp³-hybridized carbons (Fsp3) is 0.333. The maximum absolute atomic E-state index is 10.1. The minimum atomic E-state index is -2.58. The van der Waals surface area contributed by atoms with Gasteiger partial charge in [0.15, 0.2) is 0 Å². The van der Waals surface area contributed by atoms with E-state index in [0.29, 0.717) is 6.61 Å². The molecule has 0 saturated heterocycles. The molecule has 2 aromatic carbocycles. The zero-order valence-electron chi connectivity index (χ0n) is 16.6. The van der Waals surface area contributed by atoms with Crippen LogP contribution in [0.25, 0.3) is 0 Å². The molecule has 2 nitrogen and oxygen atoms in total. The highest BCUT2D eigenvalue weighted by molar-refractivity contribution is 6.99. The largest absolute Gasteiger partial charge is 0.406 e. The van der Waals surface area contributed by atoms with Gasteiger partial charge in [0.2, 0.25) is 0 Å². The molecule has 0 unspecified atom stereocenters. The second-order valence-electron chi connectivity index (χ2n) is 8.38. The summed E-state index contributed by atoms with van der Waals surface area (Å²) in [5.74, 6) is 0. The van der Waals surface area contributed by atoms with Gasteiger partial charge in [-0.05, 0) is 21.8 Å². The van der Waals surface area contributed by atoms with Crippen LogP contribution in [0.5, 0.6) is 0 Å². The lowest BCUT2D eigenvalue weighted by atomic mass is 9.86. The third-order valence-corrected chi connectivity index (χ3v) is 10.4. The molecule has 0 aromatic heterocycles. The lowest BCUT2D eigenvalue weighted by molar-refractivity contribution is 0.135. The lowest BCUT2D eigenvalue weighted by Gasteiger charge is -2.45. The molecule has 0 bridgehead atoms. The Bertz CT molecular complexity index is 737. The first kappa shape index (κ1) is 19.8. The summed E-state index contributed by atoms with van der Waals surface area (Å²) in [4.78, 5) is 0. The summed E-state index contributed by atoms with van der Waals surface area (Å²) in [5, 5.41) is 12.6. The van der Waals surface area contributed by atoms with Gasteiger partial charge in [-0.1, -0.05) is 106 Å². The first-order valence-corrected chi connectivity index (χ1v) is 11.6. The van der Waals surface area contributed by atoms with Crippen LogP contribution in [0.15, 0.2) is 85.0 Å². The molecule has 1 aliphatic rings. The molecule has 0 aliphatic heterocycles. The third kappa shape index (κ3) is 3.86. The molecule has 27 heavy (non-hydrogen) atoms. The fourth-order valence-corrected chi connectivity index (χ4v) is 8.63. The SMILES string of the molecule is CC(C)(C)[Si](OCC1(CO)C=CCC=C1)(c1ccccc1)c1ccccc1. The minimum absolute atomic E-state index is 0.0538. The van der Waals surface area contributed by atoms with Crippen LogP contribution in [0, 0.1) is 5.41 Å². The van der Waals surface area contributed by atoms with Crippen LogP contribution in [0.2, 0.25) is 5.04 Å². The molecule has 1 N–H and O–H groups in total. The van der Waals surface area contributed by atoms with Crippen LogP contribution in [-0.2, 0) is 4.43 Å². The van der Waals surface area contributed by atoms with Crippen molar-refractivity contribution in [1.29, 1.82) is 0 Å².